The quantitative estimate of drug-likeness (QED) is 0.481. The maximum Gasteiger partial charge on any atom is 0.138 e. The second-order valence-electron chi connectivity index (χ2n) is 8.06. The van der Waals surface area contributed by atoms with E-state index in [4.69, 9.17) is 9.47 Å². The van der Waals surface area contributed by atoms with E-state index < -0.39 is 18.2 Å². The average molecular weight is 449 g/mol. The van der Waals surface area contributed by atoms with E-state index in [1.54, 1.807) is 23.9 Å². The van der Waals surface area contributed by atoms with Crippen LogP contribution in [0.2, 0.25) is 0 Å². The van der Waals surface area contributed by atoms with Gasteiger partial charge in [-0.25, -0.2) is 4.98 Å². The van der Waals surface area contributed by atoms with Crippen LogP contribution in [0.25, 0.3) is 11.1 Å². The van der Waals surface area contributed by atoms with Crippen LogP contribution in [0.15, 0.2) is 60.9 Å². The molecule has 7 heteroatoms. The molecule has 4 unspecified atom stereocenters. The Hall–Kier alpha value is -2.99. The van der Waals surface area contributed by atoms with Crippen molar-refractivity contribution in [1.29, 1.82) is 0 Å². The molecular formula is C26H28N2O5. The number of nitrogens with zero attached hydrogens (tertiary/aromatic N) is 2. The molecule has 1 aliphatic rings. The number of imidazole rings is 1. The number of aliphatic hydroxyl groups is 3. The van der Waals surface area contributed by atoms with Crippen molar-refractivity contribution in [3.8, 4) is 23.0 Å². The van der Waals surface area contributed by atoms with E-state index in [2.05, 4.69) is 16.8 Å². The fraction of sp³-hybridized carbons (Fsp3) is 0.346. The normalized spacial score (nSPS) is 19.6. The molecule has 3 aromatic rings. The summed E-state index contributed by atoms with van der Waals surface area (Å²) >= 11 is 0. The zero-order valence-corrected chi connectivity index (χ0v) is 18.5. The minimum atomic E-state index is -0.739. The molecule has 0 radical (unpaired) electrons. The number of benzene rings is 2. The molecule has 1 aliphatic heterocycles. The predicted octanol–water partition coefficient (Wildman–Crippen LogP) is 2.46. The van der Waals surface area contributed by atoms with Gasteiger partial charge in [-0.3, -0.25) is 0 Å². The van der Waals surface area contributed by atoms with Gasteiger partial charge in [0.25, 0.3) is 0 Å². The zero-order valence-electron chi connectivity index (χ0n) is 18.5. The van der Waals surface area contributed by atoms with E-state index in [9.17, 15) is 15.3 Å². The maximum atomic E-state index is 9.83. The van der Waals surface area contributed by atoms with Crippen LogP contribution in [-0.4, -0.2) is 56.9 Å². The highest BCUT2D eigenvalue weighted by Crippen LogP contribution is 2.22. The number of aliphatic hydroxyl groups excluding tert-OH is 3. The average Bonchev–Trinajstić information content (AvgIpc) is 3.48. The van der Waals surface area contributed by atoms with Gasteiger partial charge in [0.2, 0.25) is 0 Å². The van der Waals surface area contributed by atoms with E-state index in [0.29, 0.717) is 25.6 Å². The molecule has 2 aromatic carbocycles. The van der Waals surface area contributed by atoms with Crippen molar-refractivity contribution in [2.45, 2.75) is 37.9 Å². The lowest BCUT2D eigenvalue weighted by molar-refractivity contribution is -0.0188. The molecule has 172 valence electrons. The molecule has 33 heavy (non-hydrogen) atoms. The summed E-state index contributed by atoms with van der Waals surface area (Å²) in [6.07, 6.45) is 1.73. The standard InChI is InChI=1S/C26H28N2O5/c1-18(30)26-27-12-13-28(26)23(14-29)11-6-19-2-7-21(8-3-19)22-9-4-20(5-10-22)15-33-25-17-32-16-24(25)31/h2-5,7-10,12-13,18,23-25,29-31H,14-17H2,1H3. The van der Waals surface area contributed by atoms with Crippen LogP contribution < -0.4 is 0 Å². The van der Waals surface area contributed by atoms with Gasteiger partial charge in [-0.05, 0) is 35.7 Å². The van der Waals surface area contributed by atoms with Crippen molar-refractivity contribution in [3.05, 3.63) is 77.9 Å². The first-order chi connectivity index (χ1) is 16.0. The van der Waals surface area contributed by atoms with Gasteiger partial charge in [0.05, 0.1) is 26.4 Å². The van der Waals surface area contributed by atoms with E-state index in [1.165, 1.54) is 0 Å². The van der Waals surface area contributed by atoms with Gasteiger partial charge < -0.3 is 29.4 Å². The third-order valence-electron chi connectivity index (χ3n) is 5.60. The first-order valence-corrected chi connectivity index (χ1v) is 10.9. The molecule has 1 saturated heterocycles. The minimum Gasteiger partial charge on any atom is -0.393 e. The van der Waals surface area contributed by atoms with Crippen LogP contribution >= 0.6 is 0 Å². The third kappa shape index (κ3) is 5.69. The lowest BCUT2D eigenvalue weighted by Gasteiger charge is -2.14. The summed E-state index contributed by atoms with van der Waals surface area (Å²) in [5.41, 5.74) is 4.01. The highest BCUT2D eigenvalue weighted by Gasteiger charge is 2.26. The van der Waals surface area contributed by atoms with Gasteiger partial charge in [-0.15, -0.1) is 0 Å². The lowest BCUT2D eigenvalue weighted by Crippen LogP contribution is -2.26. The van der Waals surface area contributed by atoms with Crippen molar-refractivity contribution >= 4 is 0 Å². The molecule has 7 nitrogen and oxygen atoms in total. The zero-order chi connectivity index (χ0) is 23.2. The van der Waals surface area contributed by atoms with E-state index in [-0.39, 0.29) is 12.7 Å². The number of hydrogen-bond donors (Lipinski definition) is 3. The summed E-state index contributed by atoms with van der Waals surface area (Å²) in [6.45, 7) is 2.65. The fourth-order valence-corrected chi connectivity index (χ4v) is 3.71. The summed E-state index contributed by atoms with van der Waals surface area (Å²) in [5, 5.41) is 29.3. The first-order valence-electron chi connectivity index (χ1n) is 10.9. The molecule has 2 heterocycles. The minimum absolute atomic E-state index is 0.177. The Morgan fingerprint density at radius 2 is 1.82 bits per heavy atom. The lowest BCUT2D eigenvalue weighted by atomic mass is 10.0. The second-order valence-corrected chi connectivity index (χ2v) is 8.06. The van der Waals surface area contributed by atoms with Gasteiger partial charge >= 0.3 is 0 Å². The summed E-state index contributed by atoms with van der Waals surface area (Å²) in [7, 11) is 0. The molecule has 0 aliphatic carbocycles. The van der Waals surface area contributed by atoms with Crippen LogP contribution in [-0.2, 0) is 16.1 Å². The van der Waals surface area contributed by atoms with Crippen molar-refractivity contribution in [2.75, 3.05) is 19.8 Å². The van der Waals surface area contributed by atoms with Gasteiger partial charge in [-0.1, -0.05) is 48.2 Å². The number of rotatable bonds is 7. The predicted molar refractivity (Wildman–Crippen MR) is 123 cm³/mol. The molecule has 3 N–H and O–H groups in total. The SMILES string of the molecule is CC(O)c1nccn1C(C#Cc1ccc(-c2ccc(COC3COCC3O)cc2)cc1)CO. The van der Waals surface area contributed by atoms with Gasteiger partial charge in [0.1, 0.15) is 30.2 Å². The van der Waals surface area contributed by atoms with Crippen LogP contribution in [0.5, 0.6) is 0 Å². The largest absolute Gasteiger partial charge is 0.393 e. The molecule has 4 atom stereocenters. The van der Waals surface area contributed by atoms with E-state index in [0.717, 1.165) is 22.3 Å². The Morgan fingerprint density at radius 3 is 2.42 bits per heavy atom. The highest BCUT2D eigenvalue weighted by molar-refractivity contribution is 5.64. The molecule has 0 bridgehead atoms. The molecule has 1 aromatic heterocycles. The molecule has 4 rings (SSSR count). The number of aromatic nitrogens is 2. The first kappa shape index (κ1) is 23.2. The topological polar surface area (TPSA) is 97.0 Å². The van der Waals surface area contributed by atoms with Gasteiger partial charge in [0, 0.05) is 18.0 Å². The van der Waals surface area contributed by atoms with Crippen molar-refractivity contribution in [2.24, 2.45) is 0 Å². The number of ether oxygens (including phenoxy) is 2. The summed E-state index contributed by atoms with van der Waals surface area (Å²) < 4.78 is 12.6. The van der Waals surface area contributed by atoms with Crippen LogP contribution in [0.1, 0.15) is 36.0 Å². The van der Waals surface area contributed by atoms with Crippen molar-refractivity contribution in [3.63, 3.8) is 0 Å². The molecular weight excluding hydrogens is 420 g/mol. The summed E-state index contributed by atoms with van der Waals surface area (Å²) in [6, 6.07) is 15.5. The maximum absolute atomic E-state index is 9.83. The molecule has 0 spiro atoms. The smallest absolute Gasteiger partial charge is 0.138 e. The van der Waals surface area contributed by atoms with Crippen LogP contribution in [0.3, 0.4) is 0 Å². The summed E-state index contributed by atoms with van der Waals surface area (Å²) in [5.74, 6) is 6.63. The Labute approximate surface area is 193 Å². The van der Waals surface area contributed by atoms with E-state index >= 15 is 0 Å². The van der Waals surface area contributed by atoms with Crippen LogP contribution in [0.4, 0.5) is 0 Å². The van der Waals surface area contributed by atoms with Gasteiger partial charge in [-0.2, -0.15) is 0 Å². The Kier molecular flexibility index (Phi) is 7.55. The molecule has 0 saturated carbocycles. The van der Waals surface area contributed by atoms with E-state index in [1.807, 2.05) is 48.5 Å². The van der Waals surface area contributed by atoms with Crippen molar-refractivity contribution in [1.82, 2.24) is 9.55 Å². The Bertz CT molecular complexity index is 1100. The number of hydrogen-bond acceptors (Lipinski definition) is 6. The Morgan fingerprint density at radius 1 is 1.12 bits per heavy atom. The third-order valence-corrected chi connectivity index (χ3v) is 5.60. The monoisotopic (exact) mass is 448 g/mol. The van der Waals surface area contributed by atoms with Gasteiger partial charge in [0.15, 0.2) is 0 Å². The van der Waals surface area contributed by atoms with Crippen molar-refractivity contribution < 1.29 is 24.8 Å². The molecule has 1 fully saturated rings. The second kappa shape index (κ2) is 10.8. The Balaban J connectivity index is 1.39. The van der Waals surface area contributed by atoms with Crippen LogP contribution in [0, 0.1) is 11.8 Å². The highest BCUT2D eigenvalue weighted by atomic mass is 16.6. The molecule has 0 amide bonds. The fourth-order valence-electron chi connectivity index (χ4n) is 3.71. The summed E-state index contributed by atoms with van der Waals surface area (Å²) in [4.78, 5) is 4.14.